The van der Waals surface area contributed by atoms with E-state index in [1.807, 2.05) is 30.3 Å². The number of hydrogen-bond acceptors (Lipinski definition) is 10. The summed E-state index contributed by atoms with van der Waals surface area (Å²) in [6, 6.07) is 9.18. The van der Waals surface area contributed by atoms with E-state index in [1.54, 1.807) is 4.90 Å². The summed E-state index contributed by atoms with van der Waals surface area (Å²) in [7, 11) is -1.34. The van der Waals surface area contributed by atoms with Crippen LogP contribution in [0.25, 0.3) is 11.4 Å². The Balaban J connectivity index is 1.29. The number of piperidine rings is 1. The number of nitrogens with zero attached hydrogens (tertiary/aromatic N) is 5. The molecule has 0 saturated carbocycles. The van der Waals surface area contributed by atoms with Gasteiger partial charge >= 0.3 is 0 Å². The van der Waals surface area contributed by atoms with Crippen molar-refractivity contribution >= 4 is 31.7 Å². The van der Waals surface area contributed by atoms with Gasteiger partial charge in [0.2, 0.25) is 17.6 Å². The molecule has 0 radical (unpaired) electrons. The van der Waals surface area contributed by atoms with E-state index < -0.39 is 31.8 Å². The second-order valence-corrected chi connectivity index (χ2v) is 16.6. The second kappa shape index (κ2) is 10.7. The first kappa shape index (κ1) is 26.8. The Kier molecular flexibility index (Phi) is 7.36. The molecular formula is C26H32N6O6Si. The largest absolute Gasteiger partial charge is 0.377 e. The highest BCUT2D eigenvalue weighted by Crippen LogP contribution is 2.31. The number of ether oxygens (including phenoxy) is 1. The summed E-state index contributed by atoms with van der Waals surface area (Å²) in [4.78, 5) is 61.0. The van der Waals surface area contributed by atoms with Crippen molar-refractivity contribution in [3.05, 3.63) is 47.6 Å². The number of amides is 4. The van der Waals surface area contributed by atoms with E-state index in [2.05, 4.69) is 35.1 Å². The summed E-state index contributed by atoms with van der Waals surface area (Å²) in [5.74, 6) is -1.42. The zero-order valence-electron chi connectivity index (χ0n) is 22.3. The van der Waals surface area contributed by atoms with Crippen LogP contribution in [0.4, 0.5) is 0 Å². The molecule has 4 amide bonds. The lowest BCUT2D eigenvalue weighted by Crippen LogP contribution is -2.57. The molecule has 1 aromatic carbocycles. The van der Waals surface area contributed by atoms with Crippen LogP contribution in [0.15, 0.2) is 46.2 Å². The molecule has 1 aromatic heterocycles. The minimum atomic E-state index is -1.34. The number of aromatic nitrogens is 2. The van der Waals surface area contributed by atoms with Crippen molar-refractivity contribution in [3.63, 3.8) is 0 Å². The Labute approximate surface area is 227 Å². The zero-order valence-corrected chi connectivity index (χ0v) is 23.3. The fraction of sp³-hybridized carbons (Fsp3) is 0.462. The molecule has 206 valence electrons. The molecule has 13 heteroatoms. The number of likely N-dealkylation sites (tertiary alicyclic amines) is 1. The molecule has 0 aliphatic carbocycles. The van der Waals surface area contributed by atoms with Gasteiger partial charge in [-0.3, -0.25) is 29.0 Å². The predicted octanol–water partition coefficient (Wildman–Crippen LogP) is 1.55. The van der Waals surface area contributed by atoms with Crippen molar-refractivity contribution in [1.82, 2.24) is 30.2 Å². The average molecular weight is 553 g/mol. The third-order valence-electron chi connectivity index (χ3n) is 6.93. The third-order valence-corrected chi connectivity index (χ3v) is 8.63. The Hall–Kier alpha value is -3.84. The van der Waals surface area contributed by atoms with Crippen LogP contribution in [0.5, 0.6) is 0 Å². The Bertz CT molecular complexity index is 1320. The third kappa shape index (κ3) is 5.50. The van der Waals surface area contributed by atoms with Gasteiger partial charge in [0.1, 0.15) is 24.2 Å². The van der Waals surface area contributed by atoms with E-state index in [0.717, 1.165) is 21.4 Å². The van der Waals surface area contributed by atoms with Gasteiger partial charge in [0.25, 0.3) is 17.7 Å². The summed E-state index contributed by atoms with van der Waals surface area (Å²) in [5, 5.41) is 7.05. The van der Waals surface area contributed by atoms with Gasteiger partial charge in [-0.1, -0.05) is 55.1 Å². The Morgan fingerprint density at radius 1 is 1.10 bits per heavy atom. The fourth-order valence-corrected chi connectivity index (χ4v) is 5.53. The molecule has 1 unspecified atom stereocenters. The van der Waals surface area contributed by atoms with Crippen molar-refractivity contribution in [2.45, 2.75) is 51.1 Å². The zero-order chi connectivity index (χ0) is 27.7. The molecule has 39 heavy (non-hydrogen) atoms. The Morgan fingerprint density at radius 2 is 1.87 bits per heavy atom. The normalized spacial score (nSPS) is 20.2. The average Bonchev–Trinajstić information content (AvgIpc) is 3.47. The lowest BCUT2D eigenvalue weighted by Gasteiger charge is -2.34. The monoisotopic (exact) mass is 552 g/mol. The van der Waals surface area contributed by atoms with Crippen LogP contribution in [0.3, 0.4) is 0 Å². The highest BCUT2D eigenvalue weighted by Gasteiger charge is 2.50. The number of benzene rings is 1. The maximum Gasteiger partial charge on any atom is 0.280 e. The molecule has 5 rings (SSSR count). The van der Waals surface area contributed by atoms with Gasteiger partial charge < -0.3 is 19.5 Å². The van der Waals surface area contributed by atoms with Crippen LogP contribution in [-0.2, 0) is 30.5 Å². The van der Waals surface area contributed by atoms with E-state index >= 15 is 0 Å². The first-order chi connectivity index (χ1) is 18.6. The molecule has 2 aromatic rings. The van der Waals surface area contributed by atoms with Gasteiger partial charge in [-0.05, 0) is 12.5 Å². The maximum atomic E-state index is 13.6. The second-order valence-electron chi connectivity index (χ2n) is 11.0. The number of carbonyl (C=O) groups excluding carboxylic acids is 4. The fourth-order valence-electron chi connectivity index (χ4n) is 4.77. The van der Waals surface area contributed by atoms with E-state index in [1.165, 1.54) is 0 Å². The first-order valence-corrected chi connectivity index (χ1v) is 16.8. The summed E-state index contributed by atoms with van der Waals surface area (Å²) in [5.41, 5.74) is 1.09. The standard InChI is InChI=1S/C26H32N6O6Si/c1-39(2,3)14-13-37-16-31-20(33)10-9-18(24(31)34)32-25(35)21-22(26(32)36)30(12-11-27-21)15-19-28-23(29-38-19)17-7-5-4-6-8-17/h4-8,18,27H,9-16H2,1-3H3. The maximum absolute atomic E-state index is 13.6. The summed E-state index contributed by atoms with van der Waals surface area (Å²) in [6.07, 6.45) is 0.113. The summed E-state index contributed by atoms with van der Waals surface area (Å²) in [6.45, 7) is 7.84. The SMILES string of the molecule is C[Si](C)(C)CCOCN1C(=O)CCC(N2C(=O)C3=C(C2=O)N(Cc2nc(-c4ccccc4)no2)CCN3)C1=O. The smallest absolute Gasteiger partial charge is 0.280 e. The first-order valence-electron chi connectivity index (χ1n) is 13.0. The molecule has 1 atom stereocenters. The van der Waals surface area contributed by atoms with Gasteiger partial charge in [0.05, 0.1) is 6.54 Å². The van der Waals surface area contributed by atoms with E-state index in [0.29, 0.717) is 31.4 Å². The molecule has 1 saturated heterocycles. The van der Waals surface area contributed by atoms with E-state index in [9.17, 15) is 19.2 Å². The van der Waals surface area contributed by atoms with Crippen LogP contribution < -0.4 is 5.32 Å². The van der Waals surface area contributed by atoms with Gasteiger partial charge in [-0.15, -0.1) is 0 Å². The molecule has 0 spiro atoms. The molecule has 3 aliphatic heterocycles. The summed E-state index contributed by atoms with van der Waals surface area (Å²) < 4.78 is 11.1. The van der Waals surface area contributed by atoms with Crippen LogP contribution in [0, 0.1) is 0 Å². The molecular weight excluding hydrogens is 520 g/mol. The summed E-state index contributed by atoms with van der Waals surface area (Å²) >= 11 is 0. The highest BCUT2D eigenvalue weighted by atomic mass is 28.3. The predicted molar refractivity (Wildman–Crippen MR) is 141 cm³/mol. The van der Waals surface area contributed by atoms with Gasteiger partial charge in [0.15, 0.2) is 0 Å². The van der Waals surface area contributed by atoms with Crippen LogP contribution in [0.1, 0.15) is 18.7 Å². The van der Waals surface area contributed by atoms with Crippen LogP contribution >= 0.6 is 0 Å². The number of nitrogens with one attached hydrogen (secondary N) is 1. The lowest BCUT2D eigenvalue weighted by atomic mass is 10.0. The van der Waals surface area contributed by atoms with Crippen LogP contribution in [-0.4, -0.2) is 89.0 Å². The minimum absolute atomic E-state index is 0.0386. The van der Waals surface area contributed by atoms with Gasteiger partial charge in [0, 0.05) is 39.8 Å². The van der Waals surface area contributed by atoms with Crippen molar-refractivity contribution in [1.29, 1.82) is 0 Å². The molecule has 0 bridgehead atoms. The number of rotatable bonds is 9. The minimum Gasteiger partial charge on any atom is -0.377 e. The van der Waals surface area contributed by atoms with Gasteiger partial charge in [-0.25, -0.2) is 0 Å². The van der Waals surface area contributed by atoms with Crippen molar-refractivity contribution in [2.75, 3.05) is 26.4 Å². The van der Waals surface area contributed by atoms with E-state index in [4.69, 9.17) is 9.26 Å². The lowest BCUT2D eigenvalue weighted by molar-refractivity contribution is -0.164. The molecule has 1 N–H and O–H groups in total. The molecule has 3 aliphatic rings. The number of hydrogen-bond donors (Lipinski definition) is 1. The highest BCUT2D eigenvalue weighted by molar-refractivity contribution is 6.76. The topological polar surface area (TPSA) is 138 Å². The van der Waals surface area contributed by atoms with Gasteiger partial charge in [-0.2, -0.15) is 4.98 Å². The molecule has 12 nitrogen and oxygen atoms in total. The number of carbonyl (C=O) groups is 4. The number of imide groups is 2. The quantitative estimate of drug-likeness (QED) is 0.277. The van der Waals surface area contributed by atoms with Crippen molar-refractivity contribution in [3.8, 4) is 11.4 Å². The van der Waals surface area contributed by atoms with E-state index in [-0.39, 0.29) is 43.4 Å². The molecule has 4 heterocycles. The van der Waals surface area contributed by atoms with Crippen molar-refractivity contribution < 1.29 is 28.4 Å². The Morgan fingerprint density at radius 3 is 2.62 bits per heavy atom. The van der Waals surface area contributed by atoms with Crippen molar-refractivity contribution in [2.24, 2.45) is 0 Å². The molecule has 1 fully saturated rings. The van der Waals surface area contributed by atoms with Crippen LogP contribution in [0.2, 0.25) is 25.7 Å².